The SMILES string of the molecule is CC[C@H]1CC[C@@H](c2nnc([C@H]3CCO[C@@H]3C(C)(C)C)o2)O1. The van der Waals surface area contributed by atoms with E-state index in [0.29, 0.717) is 17.9 Å². The highest BCUT2D eigenvalue weighted by atomic mass is 16.5. The van der Waals surface area contributed by atoms with Crippen molar-refractivity contribution >= 4 is 0 Å². The second-order valence-corrected chi connectivity index (χ2v) is 7.26. The highest BCUT2D eigenvalue weighted by molar-refractivity contribution is 5.03. The minimum atomic E-state index is -0.0217. The Labute approximate surface area is 126 Å². The van der Waals surface area contributed by atoms with E-state index in [1.165, 1.54) is 0 Å². The van der Waals surface area contributed by atoms with Crippen molar-refractivity contribution in [3.63, 3.8) is 0 Å². The first-order chi connectivity index (χ1) is 9.99. The number of nitrogens with zero attached hydrogens (tertiary/aromatic N) is 2. The first-order valence-corrected chi connectivity index (χ1v) is 8.09. The smallest absolute Gasteiger partial charge is 0.245 e. The van der Waals surface area contributed by atoms with Gasteiger partial charge in [-0.1, -0.05) is 27.7 Å². The summed E-state index contributed by atoms with van der Waals surface area (Å²) in [5, 5.41) is 8.51. The lowest BCUT2D eigenvalue weighted by molar-refractivity contribution is 0.0136. The molecule has 0 spiro atoms. The van der Waals surface area contributed by atoms with Crippen LogP contribution < -0.4 is 0 Å². The van der Waals surface area contributed by atoms with Gasteiger partial charge in [0.15, 0.2) is 0 Å². The summed E-state index contributed by atoms with van der Waals surface area (Å²) in [5.74, 6) is 1.56. The predicted octanol–water partition coefficient (Wildman–Crippen LogP) is 3.62. The van der Waals surface area contributed by atoms with Crippen LogP contribution in [0.1, 0.15) is 77.2 Å². The average molecular weight is 294 g/mol. The zero-order valence-electron chi connectivity index (χ0n) is 13.5. The average Bonchev–Trinajstić information content (AvgIpc) is 3.16. The third-order valence-electron chi connectivity index (χ3n) is 4.56. The van der Waals surface area contributed by atoms with Gasteiger partial charge in [0.2, 0.25) is 11.8 Å². The van der Waals surface area contributed by atoms with Crippen LogP contribution in [0.2, 0.25) is 0 Å². The first-order valence-electron chi connectivity index (χ1n) is 8.09. The largest absolute Gasteiger partial charge is 0.422 e. The van der Waals surface area contributed by atoms with E-state index in [9.17, 15) is 0 Å². The van der Waals surface area contributed by atoms with Gasteiger partial charge in [-0.2, -0.15) is 0 Å². The molecular formula is C16H26N2O3. The van der Waals surface area contributed by atoms with Crippen LogP contribution in [0, 0.1) is 5.41 Å². The van der Waals surface area contributed by atoms with E-state index in [1.54, 1.807) is 0 Å². The fourth-order valence-corrected chi connectivity index (χ4v) is 3.41. The van der Waals surface area contributed by atoms with Crippen molar-refractivity contribution in [3.8, 4) is 0 Å². The number of aromatic nitrogens is 2. The van der Waals surface area contributed by atoms with E-state index in [0.717, 1.165) is 32.3 Å². The van der Waals surface area contributed by atoms with Crippen molar-refractivity contribution in [1.29, 1.82) is 0 Å². The molecule has 2 fully saturated rings. The Bertz CT molecular complexity index is 480. The molecule has 0 saturated carbocycles. The minimum Gasteiger partial charge on any atom is -0.422 e. The van der Waals surface area contributed by atoms with Crippen molar-refractivity contribution in [2.24, 2.45) is 5.41 Å². The van der Waals surface area contributed by atoms with Crippen LogP contribution in [-0.2, 0) is 9.47 Å². The predicted molar refractivity (Wildman–Crippen MR) is 78.0 cm³/mol. The molecule has 0 aromatic carbocycles. The molecule has 1 aromatic heterocycles. The number of ether oxygens (including phenoxy) is 2. The van der Waals surface area contributed by atoms with Gasteiger partial charge < -0.3 is 13.9 Å². The Morgan fingerprint density at radius 3 is 2.52 bits per heavy atom. The lowest BCUT2D eigenvalue weighted by Crippen LogP contribution is -2.30. The standard InChI is InChI=1S/C16H26N2O3/c1-5-10-6-7-12(20-10)15-18-17-14(21-15)11-8-9-19-13(11)16(2,3)4/h10-13H,5-9H2,1-4H3/t10-,11-,12-,13-/m0/s1. The van der Waals surface area contributed by atoms with Gasteiger partial charge in [0.25, 0.3) is 0 Å². The summed E-state index contributed by atoms with van der Waals surface area (Å²) < 4.78 is 17.8. The van der Waals surface area contributed by atoms with E-state index >= 15 is 0 Å². The third-order valence-corrected chi connectivity index (χ3v) is 4.56. The van der Waals surface area contributed by atoms with Gasteiger partial charge in [0, 0.05) is 6.61 Å². The number of hydrogen-bond acceptors (Lipinski definition) is 5. The van der Waals surface area contributed by atoms with Crippen LogP contribution in [0.25, 0.3) is 0 Å². The molecule has 1 aromatic rings. The number of rotatable bonds is 3. The monoisotopic (exact) mass is 294 g/mol. The van der Waals surface area contributed by atoms with Crippen molar-refractivity contribution in [1.82, 2.24) is 10.2 Å². The molecule has 2 saturated heterocycles. The second kappa shape index (κ2) is 5.69. The van der Waals surface area contributed by atoms with Gasteiger partial charge in [0.1, 0.15) is 6.10 Å². The summed E-state index contributed by atoms with van der Waals surface area (Å²) in [6.07, 6.45) is 4.50. The molecule has 0 N–H and O–H groups in total. The maximum Gasteiger partial charge on any atom is 0.245 e. The van der Waals surface area contributed by atoms with Crippen LogP contribution in [0.3, 0.4) is 0 Å². The molecule has 2 aliphatic rings. The molecule has 5 nitrogen and oxygen atoms in total. The Balaban J connectivity index is 1.73. The molecule has 2 aliphatic heterocycles. The summed E-state index contributed by atoms with van der Waals surface area (Å²) in [4.78, 5) is 0. The minimum absolute atomic E-state index is 0.0217. The van der Waals surface area contributed by atoms with E-state index in [-0.39, 0.29) is 23.5 Å². The lowest BCUT2D eigenvalue weighted by atomic mass is 9.81. The molecular weight excluding hydrogens is 268 g/mol. The van der Waals surface area contributed by atoms with Gasteiger partial charge >= 0.3 is 0 Å². The second-order valence-electron chi connectivity index (χ2n) is 7.26. The van der Waals surface area contributed by atoms with Gasteiger partial charge in [0.05, 0.1) is 18.1 Å². The lowest BCUT2D eigenvalue weighted by Gasteiger charge is -2.29. The Morgan fingerprint density at radius 2 is 1.86 bits per heavy atom. The summed E-state index contributed by atoms with van der Waals surface area (Å²) >= 11 is 0. The zero-order valence-corrected chi connectivity index (χ0v) is 13.5. The molecule has 0 amide bonds. The van der Waals surface area contributed by atoms with Crippen LogP contribution in [0.15, 0.2) is 4.42 Å². The Kier molecular flexibility index (Phi) is 4.06. The maximum absolute atomic E-state index is 5.94. The first kappa shape index (κ1) is 15.0. The molecule has 0 radical (unpaired) electrons. The maximum atomic E-state index is 5.94. The fourth-order valence-electron chi connectivity index (χ4n) is 3.41. The zero-order chi connectivity index (χ0) is 15.0. The quantitative estimate of drug-likeness (QED) is 0.852. The van der Waals surface area contributed by atoms with Crippen molar-refractivity contribution in [2.45, 2.75) is 77.6 Å². The van der Waals surface area contributed by atoms with Gasteiger partial charge in [-0.3, -0.25) is 0 Å². The van der Waals surface area contributed by atoms with Crippen LogP contribution in [0.5, 0.6) is 0 Å². The molecule has 21 heavy (non-hydrogen) atoms. The van der Waals surface area contributed by atoms with Crippen LogP contribution in [0.4, 0.5) is 0 Å². The molecule has 118 valence electrons. The molecule has 5 heteroatoms. The molecule has 3 heterocycles. The van der Waals surface area contributed by atoms with Gasteiger partial charge in [-0.05, 0) is 31.1 Å². The normalized spacial score (nSPS) is 33.7. The summed E-state index contributed by atoms with van der Waals surface area (Å²) in [7, 11) is 0. The Hall–Kier alpha value is -0.940. The summed E-state index contributed by atoms with van der Waals surface area (Å²) in [6, 6.07) is 0. The van der Waals surface area contributed by atoms with E-state index in [2.05, 4.69) is 37.9 Å². The third kappa shape index (κ3) is 2.99. The number of hydrogen-bond donors (Lipinski definition) is 0. The fraction of sp³-hybridized carbons (Fsp3) is 0.875. The van der Waals surface area contributed by atoms with Crippen molar-refractivity contribution in [2.75, 3.05) is 6.61 Å². The van der Waals surface area contributed by atoms with E-state index < -0.39 is 0 Å². The van der Waals surface area contributed by atoms with E-state index in [1.807, 2.05) is 0 Å². The van der Waals surface area contributed by atoms with Crippen molar-refractivity contribution < 1.29 is 13.9 Å². The molecule has 0 aliphatic carbocycles. The highest BCUT2D eigenvalue weighted by Gasteiger charge is 2.41. The van der Waals surface area contributed by atoms with E-state index in [4.69, 9.17) is 13.9 Å². The van der Waals surface area contributed by atoms with Crippen LogP contribution >= 0.6 is 0 Å². The summed E-state index contributed by atoms with van der Waals surface area (Å²) in [5.41, 5.74) is 0.0764. The van der Waals surface area contributed by atoms with Gasteiger partial charge in [-0.15, -0.1) is 10.2 Å². The van der Waals surface area contributed by atoms with Crippen LogP contribution in [-0.4, -0.2) is 29.0 Å². The van der Waals surface area contributed by atoms with Gasteiger partial charge in [-0.25, -0.2) is 0 Å². The molecule has 4 atom stereocenters. The Morgan fingerprint density at radius 1 is 1.10 bits per heavy atom. The highest BCUT2D eigenvalue weighted by Crippen LogP contribution is 2.41. The summed E-state index contributed by atoms with van der Waals surface area (Å²) in [6.45, 7) is 9.50. The topological polar surface area (TPSA) is 57.4 Å². The molecule has 0 unspecified atom stereocenters. The molecule has 3 rings (SSSR count). The molecule has 0 bridgehead atoms. The van der Waals surface area contributed by atoms with Crippen molar-refractivity contribution in [3.05, 3.63) is 11.8 Å².